The monoisotopic (exact) mass is 325 g/mol. The Kier molecular flexibility index (Phi) is 3.80. The zero-order valence-corrected chi connectivity index (χ0v) is 13.9. The van der Waals surface area contributed by atoms with E-state index in [1.165, 1.54) is 17.0 Å². The molecule has 0 radical (unpaired) electrons. The Hall–Kier alpha value is -0.960. The molecule has 0 aromatic carbocycles. The minimum atomic E-state index is 0.0743. The van der Waals surface area contributed by atoms with Gasteiger partial charge in [0.05, 0.1) is 5.69 Å². The van der Waals surface area contributed by atoms with E-state index in [0.29, 0.717) is 0 Å². The third-order valence-electron chi connectivity index (χ3n) is 2.63. The van der Waals surface area contributed by atoms with Crippen LogP contribution >= 0.6 is 34.4 Å². The molecule has 0 saturated carbocycles. The highest BCUT2D eigenvalue weighted by molar-refractivity contribution is 8.01. The predicted molar refractivity (Wildman–Crippen MR) is 83.7 cm³/mol. The Bertz CT molecular complexity index is 692. The summed E-state index contributed by atoms with van der Waals surface area (Å²) in [7, 11) is 0. The Morgan fingerprint density at radius 1 is 1.35 bits per heavy atom. The standard InChI is InChI=1S/C12H15N5S3/c1-12(2,3)13-6-8-9(20-11-16-14-7-19-11)15-10-17(8)4-5-18-10/h4-5,7,13H,6H2,1-3H3. The number of hydrogen-bond donors (Lipinski definition) is 1. The summed E-state index contributed by atoms with van der Waals surface area (Å²) in [4.78, 5) is 5.71. The summed E-state index contributed by atoms with van der Waals surface area (Å²) in [5, 5.41) is 14.5. The van der Waals surface area contributed by atoms with Gasteiger partial charge in [0.1, 0.15) is 10.5 Å². The molecule has 0 amide bonds. The minimum absolute atomic E-state index is 0.0743. The lowest BCUT2D eigenvalue weighted by Gasteiger charge is -2.20. The molecule has 0 aliphatic rings. The van der Waals surface area contributed by atoms with E-state index in [1.807, 2.05) is 0 Å². The summed E-state index contributed by atoms with van der Waals surface area (Å²) >= 11 is 4.76. The van der Waals surface area contributed by atoms with Crippen LogP contribution in [0.15, 0.2) is 26.5 Å². The van der Waals surface area contributed by atoms with Gasteiger partial charge in [-0.1, -0.05) is 11.3 Å². The van der Waals surface area contributed by atoms with Crippen LogP contribution in [-0.4, -0.2) is 25.1 Å². The van der Waals surface area contributed by atoms with E-state index in [0.717, 1.165) is 20.9 Å². The normalized spacial score (nSPS) is 12.3. The number of aromatic nitrogens is 4. The number of thiazole rings is 1. The van der Waals surface area contributed by atoms with Gasteiger partial charge in [-0.15, -0.1) is 21.5 Å². The first kappa shape index (κ1) is 14.0. The maximum atomic E-state index is 4.69. The van der Waals surface area contributed by atoms with Gasteiger partial charge in [-0.25, -0.2) is 4.98 Å². The smallest absolute Gasteiger partial charge is 0.194 e. The average Bonchev–Trinajstić information content (AvgIpc) is 3.03. The molecule has 1 N–H and O–H groups in total. The number of imidazole rings is 1. The first-order chi connectivity index (χ1) is 9.53. The molecule has 3 aromatic rings. The molecule has 3 rings (SSSR count). The average molecular weight is 325 g/mol. The van der Waals surface area contributed by atoms with Gasteiger partial charge in [0, 0.05) is 23.7 Å². The van der Waals surface area contributed by atoms with Gasteiger partial charge in [-0.05, 0) is 32.5 Å². The van der Waals surface area contributed by atoms with Crippen LogP contribution in [0.25, 0.3) is 4.96 Å². The van der Waals surface area contributed by atoms with Crippen molar-refractivity contribution in [2.45, 2.75) is 42.2 Å². The fraction of sp³-hybridized carbons (Fsp3) is 0.417. The van der Waals surface area contributed by atoms with Crippen molar-refractivity contribution < 1.29 is 0 Å². The predicted octanol–water partition coefficient (Wildman–Crippen LogP) is 3.29. The second-order valence-corrected chi connectivity index (χ2v) is 8.27. The van der Waals surface area contributed by atoms with E-state index >= 15 is 0 Å². The number of nitrogens with one attached hydrogen (secondary N) is 1. The van der Waals surface area contributed by atoms with E-state index in [2.05, 4.69) is 52.3 Å². The van der Waals surface area contributed by atoms with Crippen molar-refractivity contribution in [1.82, 2.24) is 24.9 Å². The molecule has 0 aliphatic carbocycles. The van der Waals surface area contributed by atoms with Crippen molar-refractivity contribution in [1.29, 1.82) is 0 Å². The summed E-state index contributed by atoms with van der Waals surface area (Å²) < 4.78 is 3.07. The lowest BCUT2D eigenvalue weighted by molar-refractivity contribution is 0.418. The van der Waals surface area contributed by atoms with Crippen molar-refractivity contribution in [3.05, 3.63) is 22.8 Å². The Morgan fingerprint density at radius 3 is 2.90 bits per heavy atom. The quantitative estimate of drug-likeness (QED) is 0.798. The van der Waals surface area contributed by atoms with Crippen LogP contribution in [0.2, 0.25) is 0 Å². The molecular weight excluding hydrogens is 310 g/mol. The molecule has 0 spiro atoms. The minimum Gasteiger partial charge on any atom is -0.306 e. The third-order valence-corrected chi connectivity index (χ3v) is 5.19. The first-order valence-corrected chi connectivity index (χ1v) is 8.74. The highest BCUT2D eigenvalue weighted by Crippen LogP contribution is 2.32. The fourth-order valence-electron chi connectivity index (χ4n) is 1.69. The maximum absolute atomic E-state index is 4.69. The molecule has 0 aliphatic heterocycles. The van der Waals surface area contributed by atoms with Crippen LogP contribution in [-0.2, 0) is 6.54 Å². The number of fused-ring (bicyclic) bond motifs is 1. The van der Waals surface area contributed by atoms with E-state index < -0.39 is 0 Å². The third kappa shape index (κ3) is 3.03. The summed E-state index contributed by atoms with van der Waals surface area (Å²) in [5.41, 5.74) is 3.00. The molecule has 3 heterocycles. The number of nitrogens with zero attached hydrogens (tertiary/aromatic N) is 4. The zero-order valence-electron chi connectivity index (χ0n) is 11.5. The maximum Gasteiger partial charge on any atom is 0.194 e. The second kappa shape index (κ2) is 5.44. The summed E-state index contributed by atoms with van der Waals surface area (Å²) in [6, 6.07) is 0. The molecule has 20 heavy (non-hydrogen) atoms. The van der Waals surface area contributed by atoms with E-state index in [-0.39, 0.29) is 5.54 Å². The molecule has 0 bridgehead atoms. The highest BCUT2D eigenvalue weighted by Gasteiger charge is 2.18. The zero-order chi connectivity index (χ0) is 14.2. The Labute approximate surface area is 129 Å². The van der Waals surface area contributed by atoms with E-state index in [4.69, 9.17) is 4.98 Å². The van der Waals surface area contributed by atoms with E-state index in [1.54, 1.807) is 28.6 Å². The first-order valence-electron chi connectivity index (χ1n) is 6.16. The van der Waals surface area contributed by atoms with E-state index in [9.17, 15) is 0 Å². The Morgan fingerprint density at radius 2 is 2.20 bits per heavy atom. The topological polar surface area (TPSA) is 55.1 Å². The molecule has 0 atom stereocenters. The van der Waals surface area contributed by atoms with Crippen LogP contribution < -0.4 is 5.32 Å². The van der Waals surface area contributed by atoms with Crippen LogP contribution in [0.1, 0.15) is 26.5 Å². The summed E-state index contributed by atoms with van der Waals surface area (Å²) in [6.45, 7) is 7.27. The van der Waals surface area contributed by atoms with Gasteiger partial charge in [-0.3, -0.25) is 4.40 Å². The fourth-order valence-corrected chi connectivity index (χ4v) is 4.00. The summed E-state index contributed by atoms with van der Waals surface area (Å²) in [6.07, 6.45) is 2.07. The molecular formula is C12H15N5S3. The van der Waals surface area contributed by atoms with Gasteiger partial charge in [0.2, 0.25) is 0 Å². The van der Waals surface area contributed by atoms with Crippen LogP contribution in [0.4, 0.5) is 0 Å². The lowest BCUT2D eigenvalue weighted by Crippen LogP contribution is -2.35. The lowest BCUT2D eigenvalue weighted by atomic mass is 10.1. The Balaban J connectivity index is 1.92. The van der Waals surface area contributed by atoms with Crippen molar-refractivity contribution in [3.8, 4) is 0 Å². The van der Waals surface area contributed by atoms with Crippen molar-refractivity contribution >= 4 is 39.4 Å². The molecule has 106 valence electrons. The molecule has 8 heteroatoms. The SMILES string of the molecule is CC(C)(C)NCc1c(Sc2nncs2)nc2sccn12. The number of rotatable bonds is 4. The van der Waals surface area contributed by atoms with Crippen molar-refractivity contribution in [2.24, 2.45) is 0 Å². The molecule has 0 fully saturated rings. The molecule has 0 saturated heterocycles. The van der Waals surface area contributed by atoms with Crippen molar-refractivity contribution in [2.75, 3.05) is 0 Å². The van der Waals surface area contributed by atoms with Gasteiger partial charge in [-0.2, -0.15) is 0 Å². The van der Waals surface area contributed by atoms with Crippen molar-refractivity contribution in [3.63, 3.8) is 0 Å². The highest BCUT2D eigenvalue weighted by atomic mass is 32.2. The molecule has 0 unspecified atom stereocenters. The second-order valence-electron chi connectivity index (χ2n) is 5.33. The van der Waals surface area contributed by atoms with Gasteiger partial charge in [0.15, 0.2) is 9.30 Å². The van der Waals surface area contributed by atoms with Gasteiger partial charge < -0.3 is 5.32 Å². The molecule has 5 nitrogen and oxygen atoms in total. The van der Waals surface area contributed by atoms with Crippen LogP contribution in [0.5, 0.6) is 0 Å². The van der Waals surface area contributed by atoms with Crippen LogP contribution in [0, 0.1) is 0 Å². The molecule has 3 aromatic heterocycles. The number of hydrogen-bond acceptors (Lipinski definition) is 7. The van der Waals surface area contributed by atoms with Gasteiger partial charge >= 0.3 is 0 Å². The van der Waals surface area contributed by atoms with Gasteiger partial charge in [0.25, 0.3) is 0 Å². The summed E-state index contributed by atoms with van der Waals surface area (Å²) in [5.74, 6) is 0. The van der Waals surface area contributed by atoms with Crippen LogP contribution in [0.3, 0.4) is 0 Å². The largest absolute Gasteiger partial charge is 0.306 e.